The second-order valence-corrected chi connectivity index (χ2v) is 7.40. The Labute approximate surface area is 199 Å². The Hall–Kier alpha value is -3.50. The van der Waals surface area contributed by atoms with Crippen molar-refractivity contribution in [2.45, 2.75) is 19.3 Å². The first-order valence-electron chi connectivity index (χ1n) is 9.74. The van der Waals surface area contributed by atoms with E-state index in [4.69, 9.17) is 32.7 Å². The zero-order valence-electron chi connectivity index (χ0n) is 17.4. The first-order chi connectivity index (χ1) is 15.8. The summed E-state index contributed by atoms with van der Waals surface area (Å²) >= 11 is 11.5. The van der Waals surface area contributed by atoms with Gasteiger partial charge in [0.05, 0.1) is 0 Å². The molecule has 0 aliphatic heterocycles. The highest BCUT2D eigenvalue weighted by molar-refractivity contribution is 6.30. The Bertz CT molecular complexity index is 877. The van der Waals surface area contributed by atoms with Crippen LogP contribution in [0.2, 0.25) is 10.0 Å². The number of rotatable bonds is 10. The van der Waals surface area contributed by atoms with Crippen molar-refractivity contribution in [1.82, 2.24) is 21.7 Å². The quantitative estimate of drug-likeness (QED) is 0.371. The summed E-state index contributed by atoms with van der Waals surface area (Å²) in [6, 6.07) is 12.9. The Morgan fingerprint density at radius 2 is 0.909 bits per heavy atom. The summed E-state index contributed by atoms with van der Waals surface area (Å²) in [5.41, 5.74) is 8.85. The van der Waals surface area contributed by atoms with Crippen molar-refractivity contribution in [3.8, 4) is 11.5 Å². The maximum atomic E-state index is 11.7. The van der Waals surface area contributed by atoms with E-state index in [1.807, 2.05) is 0 Å². The van der Waals surface area contributed by atoms with E-state index in [1.165, 1.54) is 0 Å². The van der Waals surface area contributed by atoms with Gasteiger partial charge in [0.15, 0.2) is 13.2 Å². The second kappa shape index (κ2) is 13.8. The number of halogens is 2. The van der Waals surface area contributed by atoms with Crippen LogP contribution in [0.3, 0.4) is 0 Å². The highest BCUT2D eigenvalue weighted by Crippen LogP contribution is 2.16. The van der Waals surface area contributed by atoms with Gasteiger partial charge in [-0.2, -0.15) is 0 Å². The summed E-state index contributed by atoms with van der Waals surface area (Å²) in [6.07, 6.45) is 0.171. The van der Waals surface area contributed by atoms with Gasteiger partial charge >= 0.3 is 0 Å². The van der Waals surface area contributed by atoms with Crippen LogP contribution in [0.5, 0.6) is 11.5 Å². The van der Waals surface area contributed by atoms with Gasteiger partial charge in [-0.1, -0.05) is 23.2 Å². The van der Waals surface area contributed by atoms with Crippen LogP contribution in [0.1, 0.15) is 19.3 Å². The largest absolute Gasteiger partial charge is 0.484 e. The molecule has 0 aliphatic rings. The molecule has 0 saturated carbocycles. The van der Waals surface area contributed by atoms with E-state index in [2.05, 4.69) is 21.7 Å². The number of nitrogens with one attached hydrogen (secondary N) is 4. The predicted octanol–water partition coefficient (Wildman–Crippen LogP) is 1.92. The van der Waals surface area contributed by atoms with E-state index >= 15 is 0 Å². The average Bonchev–Trinajstić information content (AvgIpc) is 2.80. The number of hydrogen-bond donors (Lipinski definition) is 4. The molecule has 0 saturated heterocycles. The molecule has 0 heterocycles. The number of hydrogen-bond acceptors (Lipinski definition) is 6. The van der Waals surface area contributed by atoms with Gasteiger partial charge in [0.25, 0.3) is 11.8 Å². The first kappa shape index (κ1) is 25.8. The molecule has 0 radical (unpaired) electrons. The van der Waals surface area contributed by atoms with Gasteiger partial charge < -0.3 is 9.47 Å². The number of amides is 4. The second-order valence-electron chi connectivity index (χ2n) is 6.53. The van der Waals surface area contributed by atoms with Gasteiger partial charge in [0.2, 0.25) is 11.8 Å². The van der Waals surface area contributed by atoms with E-state index in [-0.39, 0.29) is 32.5 Å². The number of ether oxygens (including phenoxy) is 2. The van der Waals surface area contributed by atoms with Gasteiger partial charge in [-0.3, -0.25) is 40.9 Å². The van der Waals surface area contributed by atoms with Crippen LogP contribution in [0.25, 0.3) is 0 Å². The van der Waals surface area contributed by atoms with E-state index in [0.29, 0.717) is 21.5 Å². The molecule has 0 atom stereocenters. The molecular formula is C21H22Cl2N4O6. The van der Waals surface area contributed by atoms with Crippen LogP contribution in [0, 0.1) is 0 Å². The number of hydrazine groups is 2. The molecular weight excluding hydrogens is 475 g/mol. The van der Waals surface area contributed by atoms with Crippen molar-refractivity contribution in [2.75, 3.05) is 13.2 Å². The van der Waals surface area contributed by atoms with Crippen molar-refractivity contribution in [3.05, 3.63) is 58.6 Å². The minimum absolute atomic E-state index is 0.0145. The Balaban J connectivity index is 1.51. The maximum Gasteiger partial charge on any atom is 0.276 e. The smallest absolute Gasteiger partial charge is 0.276 e. The molecule has 4 N–H and O–H groups in total. The summed E-state index contributed by atoms with van der Waals surface area (Å²) in [5, 5.41) is 1.08. The van der Waals surface area contributed by atoms with E-state index < -0.39 is 23.6 Å². The van der Waals surface area contributed by atoms with Crippen molar-refractivity contribution in [2.24, 2.45) is 0 Å². The zero-order chi connectivity index (χ0) is 24.1. The molecule has 2 rings (SSSR count). The van der Waals surface area contributed by atoms with Crippen LogP contribution in [0.15, 0.2) is 48.5 Å². The van der Waals surface area contributed by atoms with E-state index in [0.717, 1.165) is 0 Å². The van der Waals surface area contributed by atoms with E-state index in [1.54, 1.807) is 48.5 Å². The standard InChI is InChI=1S/C21H22Cl2N4O6/c22-14-4-8-16(9-5-14)32-12-20(30)26-24-18(28)2-1-3-19(29)25-27-21(31)13-33-17-10-6-15(23)7-11-17/h4-11H,1-3,12-13H2,(H,24,28)(H,25,29)(H,26,30)(H,27,31). The van der Waals surface area contributed by atoms with Gasteiger partial charge in [0, 0.05) is 22.9 Å². The average molecular weight is 497 g/mol. The Morgan fingerprint density at radius 3 is 1.27 bits per heavy atom. The molecule has 2 aromatic rings. The van der Waals surface area contributed by atoms with Crippen LogP contribution in [-0.4, -0.2) is 36.8 Å². The Kier molecular flexibility index (Phi) is 10.8. The van der Waals surface area contributed by atoms with Crippen LogP contribution in [-0.2, 0) is 19.2 Å². The molecule has 0 fully saturated rings. The van der Waals surface area contributed by atoms with Crippen molar-refractivity contribution < 1.29 is 28.7 Å². The van der Waals surface area contributed by atoms with E-state index in [9.17, 15) is 19.2 Å². The first-order valence-corrected chi connectivity index (χ1v) is 10.5. The van der Waals surface area contributed by atoms with Gasteiger partial charge in [-0.25, -0.2) is 0 Å². The molecule has 0 aromatic heterocycles. The fourth-order valence-electron chi connectivity index (χ4n) is 2.24. The van der Waals surface area contributed by atoms with Gasteiger partial charge in [-0.05, 0) is 55.0 Å². The molecule has 0 spiro atoms. The number of carbonyl (C=O) groups excluding carboxylic acids is 4. The summed E-state index contributed by atoms with van der Waals surface area (Å²) in [7, 11) is 0. The molecule has 10 nitrogen and oxygen atoms in total. The molecule has 2 aromatic carbocycles. The summed E-state index contributed by atoms with van der Waals surface area (Å²) < 4.78 is 10.5. The maximum absolute atomic E-state index is 11.7. The SMILES string of the molecule is O=C(CCCC(=O)NNC(=O)COc1ccc(Cl)cc1)NNC(=O)COc1ccc(Cl)cc1. The summed E-state index contributed by atoms with van der Waals surface area (Å²) in [5.74, 6) is -1.17. The monoisotopic (exact) mass is 496 g/mol. The highest BCUT2D eigenvalue weighted by Gasteiger charge is 2.09. The molecule has 0 aliphatic carbocycles. The third kappa shape index (κ3) is 11.1. The van der Waals surface area contributed by atoms with Crippen molar-refractivity contribution >= 4 is 46.8 Å². The summed E-state index contributed by atoms with van der Waals surface area (Å²) in [4.78, 5) is 46.8. The molecule has 12 heteroatoms. The topological polar surface area (TPSA) is 135 Å². The predicted molar refractivity (Wildman–Crippen MR) is 120 cm³/mol. The lowest BCUT2D eigenvalue weighted by Gasteiger charge is -2.10. The number of benzene rings is 2. The lowest BCUT2D eigenvalue weighted by Crippen LogP contribution is -2.44. The van der Waals surface area contributed by atoms with Crippen LogP contribution >= 0.6 is 23.2 Å². The molecule has 176 valence electrons. The fraction of sp³-hybridized carbons (Fsp3) is 0.238. The Morgan fingerprint density at radius 1 is 0.576 bits per heavy atom. The normalized spacial score (nSPS) is 10.0. The van der Waals surface area contributed by atoms with Crippen molar-refractivity contribution in [3.63, 3.8) is 0 Å². The molecule has 33 heavy (non-hydrogen) atoms. The van der Waals surface area contributed by atoms with Crippen LogP contribution in [0.4, 0.5) is 0 Å². The number of carbonyl (C=O) groups is 4. The minimum Gasteiger partial charge on any atom is -0.484 e. The lowest BCUT2D eigenvalue weighted by atomic mass is 10.2. The molecule has 0 bridgehead atoms. The zero-order valence-corrected chi connectivity index (χ0v) is 18.9. The minimum atomic E-state index is -0.556. The summed E-state index contributed by atoms with van der Waals surface area (Å²) in [6.45, 7) is -0.600. The fourth-order valence-corrected chi connectivity index (χ4v) is 2.50. The van der Waals surface area contributed by atoms with Gasteiger partial charge in [0.1, 0.15) is 11.5 Å². The third-order valence-electron chi connectivity index (χ3n) is 3.86. The third-order valence-corrected chi connectivity index (χ3v) is 4.36. The van der Waals surface area contributed by atoms with Crippen LogP contribution < -0.4 is 31.2 Å². The lowest BCUT2D eigenvalue weighted by molar-refractivity contribution is -0.131. The highest BCUT2D eigenvalue weighted by atomic mass is 35.5. The molecule has 4 amide bonds. The van der Waals surface area contributed by atoms with Crippen molar-refractivity contribution in [1.29, 1.82) is 0 Å². The molecule has 0 unspecified atom stereocenters. The van der Waals surface area contributed by atoms with Gasteiger partial charge in [-0.15, -0.1) is 0 Å².